The van der Waals surface area contributed by atoms with Crippen molar-refractivity contribution in [1.82, 2.24) is 20.6 Å². The van der Waals surface area contributed by atoms with E-state index in [2.05, 4.69) is 28.7 Å². The summed E-state index contributed by atoms with van der Waals surface area (Å²) in [5, 5.41) is 31.0. The third-order valence-electron chi connectivity index (χ3n) is 4.11. The van der Waals surface area contributed by atoms with E-state index >= 15 is 0 Å². The van der Waals surface area contributed by atoms with E-state index in [1.807, 2.05) is 44.2 Å². The summed E-state index contributed by atoms with van der Waals surface area (Å²) < 4.78 is 0. The van der Waals surface area contributed by atoms with Gasteiger partial charge in [-0.2, -0.15) is 0 Å². The molecule has 30 heavy (non-hydrogen) atoms. The Kier molecular flexibility index (Phi) is 11.4. The normalized spacial score (nSPS) is 12.2. The number of amides is 2. The van der Waals surface area contributed by atoms with Crippen molar-refractivity contribution in [2.45, 2.75) is 38.7 Å². The molecule has 1 aromatic carbocycles. The first kappa shape index (κ1) is 25.3. The fourth-order valence-electron chi connectivity index (χ4n) is 2.75. The first-order valence-electron chi connectivity index (χ1n) is 9.40. The molecule has 2 radical (unpaired) electrons. The number of hydrogen-bond acceptors (Lipinski definition) is 7. The smallest absolute Gasteiger partial charge is 0.461 e. The fourth-order valence-corrected chi connectivity index (χ4v) is 2.75. The number of nitrogens with one attached hydrogen (secondary N) is 2. The van der Waals surface area contributed by atoms with Gasteiger partial charge in [0.25, 0.3) is 14.0 Å². The molecule has 0 bridgehead atoms. The number of carbonyl (C=O) groups is 2. The van der Waals surface area contributed by atoms with E-state index in [-0.39, 0.29) is 18.0 Å². The summed E-state index contributed by atoms with van der Waals surface area (Å²) in [7, 11) is 1.81. The van der Waals surface area contributed by atoms with Gasteiger partial charge in [0.2, 0.25) is 5.91 Å². The summed E-state index contributed by atoms with van der Waals surface area (Å²) in [4.78, 5) is 33.1. The summed E-state index contributed by atoms with van der Waals surface area (Å²) >= 11 is 0. The zero-order valence-corrected chi connectivity index (χ0v) is 17.0. The van der Waals surface area contributed by atoms with Gasteiger partial charge in [0.15, 0.2) is 0 Å². The molecule has 2 aromatic rings. The zero-order valence-electron chi connectivity index (χ0n) is 17.0. The van der Waals surface area contributed by atoms with Crippen molar-refractivity contribution in [2.24, 2.45) is 5.92 Å². The van der Waals surface area contributed by atoms with Crippen LogP contribution in [0.25, 0.3) is 0 Å². The number of nitrogens with zero attached hydrogens (tertiary/aromatic N) is 2. The van der Waals surface area contributed by atoms with E-state index in [0.29, 0.717) is 6.42 Å². The standard InChI is InChI=1S/C19H25BN4O4.BHO/c1-13(2)10-17(20(27)28)24-18(25)15(11-14-6-4-3-5-7-14)23-19(26)16-12-21-8-9-22-16;1-2/h3-9,12-13,15,17,27-28H,10-11H2,1-2H3,(H,23,26)(H,24,25);2H. The maximum atomic E-state index is 12.8. The Labute approximate surface area is 177 Å². The quantitative estimate of drug-likeness (QED) is 0.347. The number of aromatic nitrogens is 2. The zero-order chi connectivity index (χ0) is 22.5. The molecule has 0 aliphatic heterocycles. The Bertz CT molecular complexity index is 766. The number of rotatable bonds is 9. The van der Waals surface area contributed by atoms with Crippen LogP contribution in [0.15, 0.2) is 48.9 Å². The minimum Gasteiger partial charge on any atom is -0.461 e. The molecule has 2 rings (SSSR count). The summed E-state index contributed by atoms with van der Waals surface area (Å²) in [5.41, 5.74) is 0.946. The lowest BCUT2D eigenvalue weighted by Gasteiger charge is -2.24. The second-order valence-electron chi connectivity index (χ2n) is 6.96. The van der Waals surface area contributed by atoms with Crippen LogP contribution in [0.3, 0.4) is 0 Å². The van der Waals surface area contributed by atoms with Crippen LogP contribution < -0.4 is 10.6 Å². The lowest BCUT2D eigenvalue weighted by atomic mass is 9.75. The minimum atomic E-state index is -1.69. The van der Waals surface area contributed by atoms with Crippen molar-refractivity contribution < 1.29 is 24.7 Å². The molecule has 0 fully saturated rings. The topological polar surface area (TPSA) is 145 Å². The minimum absolute atomic E-state index is 0.0919. The summed E-state index contributed by atoms with van der Waals surface area (Å²) in [5.74, 6) is -1.72. The molecule has 0 aliphatic carbocycles. The first-order chi connectivity index (χ1) is 14.4. The Morgan fingerprint density at radius 3 is 2.30 bits per heavy atom. The van der Waals surface area contributed by atoms with Crippen molar-refractivity contribution in [3.63, 3.8) is 0 Å². The SMILES string of the molecule is CC(C)CC(NC(=O)C(Cc1ccccc1)NC(=O)c1cnccn1)B(O)O.[B]O. The van der Waals surface area contributed by atoms with Crippen molar-refractivity contribution in [1.29, 1.82) is 0 Å². The molecule has 9 nitrogen and oxygen atoms in total. The molecule has 0 saturated heterocycles. The monoisotopic (exact) mass is 412 g/mol. The Morgan fingerprint density at radius 2 is 1.77 bits per heavy atom. The maximum Gasteiger partial charge on any atom is 0.475 e. The number of carbonyl (C=O) groups excluding carboxylic acids is 2. The van der Waals surface area contributed by atoms with Crippen LogP contribution in [-0.2, 0) is 11.2 Å². The lowest BCUT2D eigenvalue weighted by Crippen LogP contribution is -2.55. The van der Waals surface area contributed by atoms with Gasteiger partial charge in [-0.15, -0.1) is 0 Å². The van der Waals surface area contributed by atoms with Crippen molar-refractivity contribution >= 4 is 27.0 Å². The Morgan fingerprint density at radius 1 is 1.10 bits per heavy atom. The third-order valence-corrected chi connectivity index (χ3v) is 4.11. The van der Waals surface area contributed by atoms with Gasteiger partial charge < -0.3 is 25.7 Å². The average molecular weight is 412 g/mol. The predicted octanol–water partition coefficient (Wildman–Crippen LogP) is -0.577. The lowest BCUT2D eigenvalue weighted by molar-refractivity contribution is -0.123. The van der Waals surface area contributed by atoms with Crippen LogP contribution in [0.5, 0.6) is 0 Å². The molecule has 0 saturated carbocycles. The highest BCUT2D eigenvalue weighted by Crippen LogP contribution is 2.09. The van der Waals surface area contributed by atoms with Crippen LogP contribution in [-0.4, -0.2) is 64.0 Å². The van der Waals surface area contributed by atoms with Crippen LogP contribution in [0.2, 0.25) is 0 Å². The first-order valence-corrected chi connectivity index (χ1v) is 9.40. The largest absolute Gasteiger partial charge is 0.475 e. The van der Waals surface area contributed by atoms with Crippen LogP contribution in [0.1, 0.15) is 36.3 Å². The molecule has 11 heteroatoms. The maximum absolute atomic E-state index is 12.8. The van der Waals surface area contributed by atoms with Crippen molar-refractivity contribution in [3.05, 3.63) is 60.2 Å². The van der Waals surface area contributed by atoms with E-state index in [1.165, 1.54) is 18.6 Å². The summed E-state index contributed by atoms with van der Waals surface area (Å²) in [6.07, 6.45) is 4.78. The van der Waals surface area contributed by atoms with E-state index in [4.69, 9.17) is 5.02 Å². The van der Waals surface area contributed by atoms with Gasteiger partial charge in [0, 0.05) is 18.8 Å². The van der Waals surface area contributed by atoms with E-state index in [9.17, 15) is 19.6 Å². The number of benzene rings is 1. The molecule has 1 heterocycles. The summed E-state index contributed by atoms with van der Waals surface area (Å²) in [6, 6.07) is 8.33. The second kappa shape index (κ2) is 13.5. The highest BCUT2D eigenvalue weighted by Gasteiger charge is 2.30. The van der Waals surface area contributed by atoms with Crippen LogP contribution in [0, 0.1) is 5.92 Å². The van der Waals surface area contributed by atoms with Crippen LogP contribution >= 0.6 is 0 Å². The number of hydrogen-bond donors (Lipinski definition) is 5. The van der Waals surface area contributed by atoms with Crippen LogP contribution in [0.4, 0.5) is 0 Å². The summed E-state index contributed by atoms with van der Waals surface area (Å²) in [6.45, 7) is 3.83. The van der Waals surface area contributed by atoms with Gasteiger partial charge in [0.05, 0.1) is 12.1 Å². The molecule has 0 aliphatic rings. The van der Waals surface area contributed by atoms with E-state index < -0.39 is 30.9 Å². The Hall–Kier alpha value is -2.75. The fraction of sp³-hybridized carbons (Fsp3) is 0.368. The van der Waals surface area contributed by atoms with Gasteiger partial charge in [-0.1, -0.05) is 44.2 Å². The average Bonchev–Trinajstić information content (AvgIpc) is 2.75. The molecule has 5 N–H and O–H groups in total. The van der Waals surface area contributed by atoms with Gasteiger partial charge in [-0.05, 0) is 17.9 Å². The van der Waals surface area contributed by atoms with Crippen molar-refractivity contribution in [3.8, 4) is 0 Å². The highest BCUT2D eigenvalue weighted by atomic mass is 16.4. The molecule has 2 unspecified atom stereocenters. The molecule has 1 aromatic heterocycles. The molecule has 2 atom stereocenters. The van der Waals surface area contributed by atoms with E-state index in [1.54, 1.807) is 0 Å². The van der Waals surface area contributed by atoms with Crippen molar-refractivity contribution in [2.75, 3.05) is 0 Å². The molecular weight excluding hydrogens is 386 g/mol. The molecule has 2 amide bonds. The Balaban J connectivity index is 0.00000218. The third kappa shape index (κ3) is 8.73. The highest BCUT2D eigenvalue weighted by molar-refractivity contribution is 6.43. The second-order valence-corrected chi connectivity index (χ2v) is 6.96. The molecule has 0 spiro atoms. The van der Waals surface area contributed by atoms with Gasteiger partial charge in [0.1, 0.15) is 11.7 Å². The molecular formula is C19H26B2N4O5. The predicted molar refractivity (Wildman–Crippen MR) is 113 cm³/mol. The van der Waals surface area contributed by atoms with Gasteiger partial charge in [-0.25, -0.2) is 4.98 Å². The molecule has 158 valence electrons. The van der Waals surface area contributed by atoms with Gasteiger partial charge >= 0.3 is 7.12 Å². The van der Waals surface area contributed by atoms with E-state index in [0.717, 1.165) is 5.56 Å². The van der Waals surface area contributed by atoms with Gasteiger partial charge in [-0.3, -0.25) is 14.6 Å².